The minimum Gasteiger partial charge on any atom is -0.479 e. The molecule has 4 nitrogen and oxygen atoms in total. The zero-order chi connectivity index (χ0) is 9.03. The molecule has 0 aromatic heterocycles. The molecule has 0 aromatic rings. The van der Waals surface area contributed by atoms with Crippen LogP contribution in [0.15, 0.2) is 0 Å². The van der Waals surface area contributed by atoms with Crippen molar-refractivity contribution in [2.45, 2.75) is 25.4 Å². The van der Waals surface area contributed by atoms with Crippen molar-refractivity contribution in [1.82, 2.24) is 5.32 Å². The summed E-state index contributed by atoms with van der Waals surface area (Å²) < 4.78 is 5.29. The first-order valence-electron chi connectivity index (χ1n) is 4.29. The first kappa shape index (κ1) is 9.48. The second-order valence-electron chi connectivity index (χ2n) is 2.98. The van der Waals surface area contributed by atoms with Gasteiger partial charge in [-0.25, -0.2) is 4.79 Å². The Labute approximate surface area is 71.9 Å². The van der Waals surface area contributed by atoms with E-state index < -0.39 is 11.6 Å². The number of aliphatic carboxylic acids is 1. The van der Waals surface area contributed by atoms with Crippen molar-refractivity contribution >= 4 is 5.97 Å². The van der Waals surface area contributed by atoms with E-state index in [-0.39, 0.29) is 0 Å². The van der Waals surface area contributed by atoms with Crippen molar-refractivity contribution in [3.63, 3.8) is 0 Å². The quantitative estimate of drug-likeness (QED) is 0.641. The first-order chi connectivity index (χ1) is 5.71. The van der Waals surface area contributed by atoms with Gasteiger partial charge in [-0.05, 0) is 32.9 Å². The molecule has 0 radical (unpaired) electrons. The lowest BCUT2D eigenvalue weighted by Gasteiger charge is -2.33. The van der Waals surface area contributed by atoms with E-state index in [0.29, 0.717) is 19.4 Å². The SMILES string of the molecule is CCOC1(C(=O)O)CCNCC1. The van der Waals surface area contributed by atoms with E-state index in [9.17, 15) is 4.79 Å². The van der Waals surface area contributed by atoms with E-state index in [2.05, 4.69) is 5.32 Å². The lowest BCUT2D eigenvalue weighted by Crippen LogP contribution is -2.49. The number of carboxylic acids is 1. The van der Waals surface area contributed by atoms with Crippen molar-refractivity contribution in [2.75, 3.05) is 19.7 Å². The molecule has 1 rings (SSSR count). The Morgan fingerprint density at radius 3 is 2.58 bits per heavy atom. The van der Waals surface area contributed by atoms with Crippen LogP contribution in [0.25, 0.3) is 0 Å². The van der Waals surface area contributed by atoms with E-state index in [1.54, 1.807) is 0 Å². The molecule has 1 fully saturated rings. The van der Waals surface area contributed by atoms with Crippen molar-refractivity contribution < 1.29 is 14.6 Å². The fourth-order valence-electron chi connectivity index (χ4n) is 1.53. The van der Waals surface area contributed by atoms with Crippen molar-refractivity contribution in [2.24, 2.45) is 0 Å². The maximum absolute atomic E-state index is 10.9. The van der Waals surface area contributed by atoms with Gasteiger partial charge >= 0.3 is 5.97 Å². The van der Waals surface area contributed by atoms with Gasteiger partial charge in [0.15, 0.2) is 5.60 Å². The van der Waals surface area contributed by atoms with Gasteiger partial charge in [-0.1, -0.05) is 0 Å². The molecule has 0 atom stereocenters. The van der Waals surface area contributed by atoms with Gasteiger partial charge in [0.2, 0.25) is 0 Å². The number of carbonyl (C=O) groups is 1. The van der Waals surface area contributed by atoms with Crippen LogP contribution >= 0.6 is 0 Å². The lowest BCUT2D eigenvalue weighted by atomic mass is 9.92. The fraction of sp³-hybridized carbons (Fsp3) is 0.875. The van der Waals surface area contributed by atoms with Crippen molar-refractivity contribution in [3.05, 3.63) is 0 Å². The largest absolute Gasteiger partial charge is 0.479 e. The number of rotatable bonds is 3. The smallest absolute Gasteiger partial charge is 0.336 e. The molecule has 0 saturated carbocycles. The predicted octanol–water partition coefficient (Wildman–Crippen LogP) is 0.230. The average molecular weight is 173 g/mol. The van der Waals surface area contributed by atoms with Gasteiger partial charge in [-0.2, -0.15) is 0 Å². The third-order valence-electron chi connectivity index (χ3n) is 2.22. The van der Waals surface area contributed by atoms with Crippen LogP contribution in [0.1, 0.15) is 19.8 Å². The third-order valence-corrected chi connectivity index (χ3v) is 2.22. The summed E-state index contributed by atoms with van der Waals surface area (Å²) in [5, 5.41) is 12.1. The van der Waals surface area contributed by atoms with Crippen molar-refractivity contribution in [1.29, 1.82) is 0 Å². The molecular formula is C8H15NO3. The molecular weight excluding hydrogens is 158 g/mol. The van der Waals surface area contributed by atoms with Crippen LogP contribution < -0.4 is 5.32 Å². The molecule has 0 unspecified atom stereocenters. The minimum atomic E-state index is -0.917. The van der Waals surface area contributed by atoms with Gasteiger partial charge in [0.05, 0.1) is 0 Å². The first-order valence-corrected chi connectivity index (χ1v) is 4.29. The van der Waals surface area contributed by atoms with Crippen LogP contribution in [0.5, 0.6) is 0 Å². The van der Waals surface area contributed by atoms with Gasteiger partial charge in [-0.15, -0.1) is 0 Å². The number of hydrogen-bond acceptors (Lipinski definition) is 3. The molecule has 0 bridgehead atoms. The maximum atomic E-state index is 10.9. The van der Waals surface area contributed by atoms with E-state index in [1.165, 1.54) is 0 Å². The molecule has 12 heavy (non-hydrogen) atoms. The van der Waals surface area contributed by atoms with Gasteiger partial charge in [0.25, 0.3) is 0 Å². The van der Waals surface area contributed by atoms with Crippen molar-refractivity contribution in [3.8, 4) is 0 Å². The highest BCUT2D eigenvalue weighted by Gasteiger charge is 2.40. The summed E-state index contributed by atoms with van der Waals surface area (Å²) in [5.74, 6) is -0.828. The summed E-state index contributed by atoms with van der Waals surface area (Å²) in [7, 11) is 0. The molecule has 1 aliphatic heterocycles. The zero-order valence-electron chi connectivity index (χ0n) is 7.30. The summed E-state index contributed by atoms with van der Waals surface area (Å²) in [6.45, 7) is 3.75. The van der Waals surface area contributed by atoms with Crippen LogP contribution in [0.2, 0.25) is 0 Å². The molecule has 1 saturated heterocycles. The third kappa shape index (κ3) is 1.76. The van der Waals surface area contributed by atoms with Gasteiger partial charge in [0, 0.05) is 6.61 Å². The summed E-state index contributed by atoms with van der Waals surface area (Å²) >= 11 is 0. The number of carboxylic acid groups (broad SMARTS) is 1. The molecule has 1 heterocycles. The highest BCUT2D eigenvalue weighted by atomic mass is 16.5. The Kier molecular flexibility index (Phi) is 3.05. The Morgan fingerprint density at radius 2 is 2.17 bits per heavy atom. The number of piperidine rings is 1. The highest BCUT2D eigenvalue weighted by Crippen LogP contribution is 2.23. The van der Waals surface area contributed by atoms with Crippen LogP contribution in [0, 0.1) is 0 Å². The normalized spacial score (nSPS) is 22.1. The van der Waals surface area contributed by atoms with Crippen LogP contribution in [0.4, 0.5) is 0 Å². The molecule has 0 amide bonds. The Balaban J connectivity index is 2.63. The molecule has 1 aliphatic rings. The topological polar surface area (TPSA) is 58.6 Å². The maximum Gasteiger partial charge on any atom is 0.336 e. The molecule has 2 N–H and O–H groups in total. The summed E-state index contributed by atoms with van der Waals surface area (Å²) in [5.41, 5.74) is -0.917. The summed E-state index contributed by atoms with van der Waals surface area (Å²) in [6, 6.07) is 0. The Morgan fingerprint density at radius 1 is 1.58 bits per heavy atom. The Hall–Kier alpha value is -0.610. The molecule has 4 heteroatoms. The van der Waals surface area contributed by atoms with Gasteiger partial charge < -0.3 is 15.2 Å². The van der Waals surface area contributed by atoms with E-state index >= 15 is 0 Å². The standard InChI is InChI=1S/C8H15NO3/c1-2-12-8(7(10)11)3-5-9-6-4-8/h9H,2-6H2,1H3,(H,10,11). The molecule has 0 spiro atoms. The lowest BCUT2D eigenvalue weighted by molar-refractivity contribution is -0.169. The van der Waals surface area contributed by atoms with Gasteiger partial charge in [0.1, 0.15) is 0 Å². The summed E-state index contributed by atoms with van der Waals surface area (Å²) in [6.07, 6.45) is 1.13. The predicted molar refractivity (Wildman–Crippen MR) is 44.1 cm³/mol. The number of hydrogen-bond donors (Lipinski definition) is 2. The van der Waals surface area contributed by atoms with Crippen LogP contribution in [-0.4, -0.2) is 36.4 Å². The van der Waals surface area contributed by atoms with E-state index in [1.807, 2.05) is 6.92 Å². The zero-order valence-corrected chi connectivity index (χ0v) is 7.30. The fourth-order valence-corrected chi connectivity index (χ4v) is 1.53. The second-order valence-corrected chi connectivity index (χ2v) is 2.98. The minimum absolute atomic E-state index is 0.465. The van der Waals surface area contributed by atoms with Crippen LogP contribution in [-0.2, 0) is 9.53 Å². The molecule has 0 aliphatic carbocycles. The van der Waals surface area contributed by atoms with E-state index in [4.69, 9.17) is 9.84 Å². The number of nitrogens with one attached hydrogen (secondary N) is 1. The summed E-state index contributed by atoms with van der Waals surface area (Å²) in [4.78, 5) is 10.9. The monoisotopic (exact) mass is 173 g/mol. The van der Waals surface area contributed by atoms with Gasteiger partial charge in [-0.3, -0.25) is 0 Å². The van der Waals surface area contributed by atoms with Crippen LogP contribution in [0.3, 0.4) is 0 Å². The molecule has 70 valence electrons. The molecule has 0 aromatic carbocycles. The van der Waals surface area contributed by atoms with E-state index in [0.717, 1.165) is 13.1 Å². The second kappa shape index (κ2) is 3.87. The average Bonchev–Trinajstić information content (AvgIpc) is 2.06. The Bertz CT molecular complexity index is 158. The number of ether oxygens (including phenoxy) is 1. The highest BCUT2D eigenvalue weighted by molar-refractivity contribution is 5.77.